The molecule has 90 valence electrons. The van der Waals surface area contributed by atoms with Crippen LogP contribution in [0.5, 0.6) is 0 Å². The van der Waals surface area contributed by atoms with Crippen molar-refractivity contribution >= 4 is 16.7 Å². The number of nitrogens with two attached hydrogens (primary N) is 1. The average molecular weight is 234 g/mol. The Bertz CT molecular complexity index is 242. The number of hydrogen-bond acceptors (Lipinski definition) is 3. The van der Waals surface area contributed by atoms with Gasteiger partial charge in [-0.15, -0.1) is 0 Å². The summed E-state index contributed by atoms with van der Waals surface area (Å²) in [7, 11) is -0.831. The molecule has 15 heavy (non-hydrogen) atoms. The lowest BCUT2D eigenvalue weighted by Gasteiger charge is -2.21. The molecule has 0 spiro atoms. The molecule has 1 amide bonds. The Labute approximate surface area is 94.4 Å². The molecule has 0 aliphatic rings. The molecule has 0 saturated heterocycles. The molecule has 0 aromatic rings. The average Bonchev–Trinajstić information content (AvgIpc) is 2.17. The highest BCUT2D eigenvalue weighted by molar-refractivity contribution is 7.84. The fourth-order valence-corrected chi connectivity index (χ4v) is 1.37. The van der Waals surface area contributed by atoms with Crippen LogP contribution in [0.3, 0.4) is 0 Å². The minimum Gasteiger partial charge on any atom is -0.354 e. The van der Waals surface area contributed by atoms with Crippen LogP contribution in [-0.4, -0.2) is 33.7 Å². The molecule has 0 aromatic carbocycles. The minimum atomic E-state index is -0.831. The summed E-state index contributed by atoms with van der Waals surface area (Å²) in [5, 5.41) is 2.87. The van der Waals surface area contributed by atoms with Crippen LogP contribution in [0.1, 0.15) is 33.6 Å². The van der Waals surface area contributed by atoms with Crippen molar-refractivity contribution in [3.05, 3.63) is 0 Å². The van der Waals surface area contributed by atoms with E-state index in [9.17, 15) is 9.00 Å². The molecule has 0 rings (SSSR count). The van der Waals surface area contributed by atoms with Gasteiger partial charge in [0.25, 0.3) is 0 Å². The van der Waals surface area contributed by atoms with Crippen LogP contribution in [0.2, 0.25) is 0 Å². The van der Waals surface area contributed by atoms with Gasteiger partial charge in [0, 0.05) is 28.9 Å². The van der Waals surface area contributed by atoms with Crippen LogP contribution < -0.4 is 11.1 Å². The van der Waals surface area contributed by atoms with Gasteiger partial charge in [0.05, 0.1) is 5.54 Å². The van der Waals surface area contributed by atoms with Gasteiger partial charge in [-0.05, 0) is 19.8 Å². The molecule has 3 unspecified atom stereocenters. The summed E-state index contributed by atoms with van der Waals surface area (Å²) in [6, 6.07) is 0. The van der Waals surface area contributed by atoms with Crippen LogP contribution in [0.4, 0.5) is 0 Å². The van der Waals surface area contributed by atoms with Crippen molar-refractivity contribution in [1.29, 1.82) is 0 Å². The maximum absolute atomic E-state index is 11.5. The van der Waals surface area contributed by atoms with Crippen LogP contribution in [0, 0.1) is 0 Å². The topological polar surface area (TPSA) is 72.2 Å². The third kappa shape index (κ3) is 5.28. The highest BCUT2D eigenvalue weighted by atomic mass is 32.2. The van der Waals surface area contributed by atoms with Gasteiger partial charge in [-0.1, -0.05) is 13.8 Å². The fraction of sp³-hybridized carbons (Fsp3) is 0.900. The number of amides is 1. The predicted molar refractivity (Wildman–Crippen MR) is 64.0 cm³/mol. The molecule has 0 aromatic heterocycles. The normalized spacial score (nSPS) is 19.0. The zero-order valence-corrected chi connectivity index (χ0v) is 10.8. The lowest BCUT2D eigenvalue weighted by Crippen LogP contribution is -2.51. The Kier molecular flexibility index (Phi) is 6.05. The maximum atomic E-state index is 11.5. The van der Waals surface area contributed by atoms with Crippen molar-refractivity contribution in [3.63, 3.8) is 0 Å². The Morgan fingerprint density at radius 2 is 2.13 bits per heavy atom. The van der Waals surface area contributed by atoms with Gasteiger partial charge in [-0.2, -0.15) is 0 Å². The van der Waals surface area contributed by atoms with E-state index in [0.29, 0.717) is 19.4 Å². The van der Waals surface area contributed by atoms with E-state index in [1.54, 1.807) is 13.2 Å². The summed E-state index contributed by atoms with van der Waals surface area (Å²) < 4.78 is 11.0. The molecule has 5 heteroatoms. The summed E-state index contributed by atoms with van der Waals surface area (Å²) in [5.41, 5.74) is 4.97. The number of carbonyl (C=O) groups excluding carboxylic acids is 1. The maximum Gasteiger partial charge on any atom is 0.239 e. The third-order valence-corrected chi connectivity index (χ3v) is 4.03. The zero-order valence-electron chi connectivity index (χ0n) is 10.0. The largest absolute Gasteiger partial charge is 0.354 e. The van der Waals surface area contributed by atoms with Gasteiger partial charge < -0.3 is 11.1 Å². The summed E-state index contributed by atoms with van der Waals surface area (Å²) >= 11 is 0. The van der Waals surface area contributed by atoms with Crippen molar-refractivity contribution in [1.82, 2.24) is 5.32 Å². The van der Waals surface area contributed by atoms with Gasteiger partial charge in [-0.3, -0.25) is 9.00 Å². The number of rotatable bonds is 6. The molecular formula is C10H22N2O2S. The van der Waals surface area contributed by atoms with Gasteiger partial charge in [0.15, 0.2) is 0 Å². The molecular weight excluding hydrogens is 212 g/mol. The van der Waals surface area contributed by atoms with Crippen molar-refractivity contribution in [2.24, 2.45) is 5.73 Å². The van der Waals surface area contributed by atoms with Crippen molar-refractivity contribution < 1.29 is 9.00 Å². The van der Waals surface area contributed by atoms with E-state index in [1.165, 1.54) is 0 Å². The number of hydrogen-bond donors (Lipinski definition) is 2. The van der Waals surface area contributed by atoms with Crippen LogP contribution in [-0.2, 0) is 15.6 Å². The second-order valence-electron chi connectivity index (χ2n) is 4.12. The highest BCUT2D eigenvalue weighted by Gasteiger charge is 2.25. The van der Waals surface area contributed by atoms with Crippen molar-refractivity contribution in [2.75, 3.05) is 12.8 Å². The fourth-order valence-electron chi connectivity index (χ4n) is 0.917. The molecule has 0 saturated carbocycles. The molecule has 0 radical (unpaired) electrons. The van der Waals surface area contributed by atoms with E-state index in [0.717, 1.165) is 0 Å². The second-order valence-corrected chi connectivity index (χ2v) is 5.93. The standard InChI is InChI=1S/C10H22N2O2S/c1-5-10(3,11)9(13)12-7-6-8(2)15(4)14/h8H,5-7,11H2,1-4H3,(H,12,13). The van der Waals surface area contributed by atoms with E-state index in [1.807, 2.05) is 13.8 Å². The minimum absolute atomic E-state index is 0.107. The molecule has 0 aliphatic heterocycles. The third-order valence-electron chi connectivity index (χ3n) is 2.66. The Hall–Kier alpha value is -0.420. The van der Waals surface area contributed by atoms with Crippen molar-refractivity contribution in [2.45, 2.75) is 44.4 Å². The molecule has 3 N–H and O–H groups in total. The quantitative estimate of drug-likeness (QED) is 0.698. The first kappa shape index (κ1) is 14.6. The van der Waals surface area contributed by atoms with Gasteiger partial charge >= 0.3 is 0 Å². The van der Waals surface area contributed by atoms with E-state index < -0.39 is 16.3 Å². The first-order chi connectivity index (χ1) is 6.81. The van der Waals surface area contributed by atoms with Gasteiger partial charge in [0.2, 0.25) is 5.91 Å². The Balaban J connectivity index is 3.88. The smallest absolute Gasteiger partial charge is 0.239 e. The van der Waals surface area contributed by atoms with Crippen molar-refractivity contribution in [3.8, 4) is 0 Å². The Morgan fingerprint density at radius 1 is 1.60 bits per heavy atom. The lowest BCUT2D eigenvalue weighted by atomic mass is 9.99. The van der Waals surface area contributed by atoms with Gasteiger partial charge in [0.1, 0.15) is 0 Å². The lowest BCUT2D eigenvalue weighted by molar-refractivity contribution is -0.125. The summed E-state index contributed by atoms with van der Waals surface area (Å²) in [5.74, 6) is -0.140. The van der Waals surface area contributed by atoms with Crippen LogP contribution in [0.15, 0.2) is 0 Å². The molecule has 0 bridgehead atoms. The molecule has 0 fully saturated rings. The molecule has 3 atom stereocenters. The Morgan fingerprint density at radius 3 is 2.53 bits per heavy atom. The molecule has 0 heterocycles. The predicted octanol–water partition coefficient (Wildman–Crippen LogP) is 0.387. The summed E-state index contributed by atoms with van der Waals surface area (Å²) in [6.07, 6.45) is 2.99. The molecule has 0 aliphatic carbocycles. The summed E-state index contributed by atoms with van der Waals surface area (Å²) in [6.45, 7) is 6.03. The van der Waals surface area contributed by atoms with E-state index in [4.69, 9.17) is 5.73 Å². The highest BCUT2D eigenvalue weighted by Crippen LogP contribution is 2.04. The van der Waals surface area contributed by atoms with E-state index in [-0.39, 0.29) is 11.2 Å². The monoisotopic (exact) mass is 234 g/mol. The summed E-state index contributed by atoms with van der Waals surface area (Å²) in [4.78, 5) is 11.5. The first-order valence-corrected chi connectivity index (χ1v) is 6.82. The molecule has 4 nitrogen and oxygen atoms in total. The number of carbonyl (C=O) groups is 1. The van der Waals surface area contributed by atoms with E-state index >= 15 is 0 Å². The van der Waals surface area contributed by atoms with E-state index in [2.05, 4.69) is 5.32 Å². The second kappa shape index (κ2) is 6.23. The van der Waals surface area contributed by atoms with Gasteiger partial charge in [-0.25, -0.2) is 0 Å². The van der Waals surface area contributed by atoms with Crippen LogP contribution >= 0.6 is 0 Å². The van der Waals surface area contributed by atoms with Crippen LogP contribution in [0.25, 0.3) is 0 Å². The zero-order chi connectivity index (χ0) is 12.1. The first-order valence-electron chi connectivity index (χ1n) is 5.20. The number of nitrogens with one attached hydrogen (secondary N) is 1. The SMILES string of the molecule is CCC(C)(N)C(=O)NCCC(C)S(C)=O.